The first-order valence-corrected chi connectivity index (χ1v) is 6.23. The van der Waals surface area contributed by atoms with Crippen molar-refractivity contribution < 1.29 is 9.53 Å². The highest BCUT2D eigenvalue weighted by Gasteiger charge is 2.36. The van der Waals surface area contributed by atoms with Crippen molar-refractivity contribution in [3.8, 4) is 0 Å². The zero-order chi connectivity index (χ0) is 12.0. The second kappa shape index (κ2) is 6.21. The van der Waals surface area contributed by atoms with E-state index in [0.29, 0.717) is 13.2 Å². The normalized spacial score (nSPS) is 19.0. The molecule has 1 saturated carbocycles. The van der Waals surface area contributed by atoms with Gasteiger partial charge in [0.15, 0.2) is 0 Å². The molecule has 1 aliphatic carbocycles. The minimum atomic E-state index is -0.598. The molecule has 0 bridgehead atoms. The van der Waals surface area contributed by atoms with Crippen LogP contribution in [0.2, 0.25) is 0 Å². The number of carbonyl (C=O) groups excluding carboxylic acids is 1. The van der Waals surface area contributed by atoms with E-state index in [4.69, 9.17) is 10.5 Å². The van der Waals surface area contributed by atoms with E-state index in [9.17, 15) is 4.79 Å². The number of nitrogens with two attached hydrogens (primary N) is 1. The average molecular weight is 228 g/mol. The van der Waals surface area contributed by atoms with Crippen LogP contribution in [0.1, 0.15) is 46.0 Å². The Labute approximate surface area is 97.9 Å². The lowest BCUT2D eigenvalue weighted by molar-refractivity contribution is -0.126. The largest absolute Gasteiger partial charge is 0.379 e. The van der Waals surface area contributed by atoms with E-state index < -0.39 is 5.54 Å². The van der Waals surface area contributed by atoms with Gasteiger partial charge in [0.1, 0.15) is 0 Å². The molecule has 16 heavy (non-hydrogen) atoms. The summed E-state index contributed by atoms with van der Waals surface area (Å²) < 4.78 is 5.39. The molecular formula is C12H24N2O2. The van der Waals surface area contributed by atoms with Crippen molar-refractivity contribution in [2.75, 3.05) is 13.2 Å². The summed E-state index contributed by atoms with van der Waals surface area (Å²) in [6.45, 7) is 5.36. The lowest BCUT2D eigenvalue weighted by atomic mass is 9.98. The lowest BCUT2D eigenvalue weighted by Gasteiger charge is -2.22. The van der Waals surface area contributed by atoms with Crippen LogP contribution in [0.4, 0.5) is 0 Å². The van der Waals surface area contributed by atoms with Crippen LogP contribution in [-0.4, -0.2) is 30.7 Å². The summed E-state index contributed by atoms with van der Waals surface area (Å²) in [7, 11) is 0. The molecule has 0 atom stereocenters. The Balaban J connectivity index is 2.10. The van der Waals surface area contributed by atoms with Gasteiger partial charge in [-0.1, -0.05) is 12.8 Å². The first-order valence-electron chi connectivity index (χ1n) is 6.23. The van der Waals surface area contributed by atoms with Gasteiger partial charge >= 0.3 is 0 Å². The molecule has 0 saturated heterocycles. The van der Waals surface area contributed by atoms with Crippen molar-refractivity contribution in [1.82, 2.24) is 5.32 Å². The van der Waals surface area contributed by atoms with Crippen molar-refractivity contribution in [1.29, 1.82) is 0 Å². The Morgan fingerprint density at radius 2 is 2.06 bits per heavy atom. The Bertz CT molecular complexity index is 223. The van der Waals surface area contributed by atoms with Crippen LogP contribution in [0.25, 0.3) is 0 Å². The van der Waals surface area contributed by atoms with Crippen LogP contribution in [0.15, 0.2) is 0 Å². The molecule has 0 spiro atoms. The molecule has 1 rings (SSSR count). The molecular weight excluding hydrogens is 204 g/mol. The van der Waals surface area contributed by atoms with Gasteiger partial charge in [-0.2, -0.15) is 0 Å². The number of amides is 1. The number of carbonyl (C=O) groups is 1. The number of hydrogen-bond donors (Lipinski definition) is 2. The van der Waals surface area contributed by atoms with E-state index in [2.05, 4.69) is 5.32 Å². The fourth-order valence-corrected chi connectivity index (χ4v) is 2.00. The Hall–Kier alpha value is -0.610. The summed E-state index contributed by atoms with van der Waals surface area (Å²) in [5.74, 6) is 0.00884. The van der Waals surface area contributed by atoms with Crippen LogP contribution in [-0.2, 0) is 9.53 Å². The molecule has 94 valence electrons. The number of hydrogen-bond acceptors (Lipinski definition) is 3. The summed E-state index contributed by atoms with van der Waals surface area (Å²) in [4.78, 5) is 11.8. The van der Waals surface area contributed by atoms with Gasteiger partial charge in [-0.25, -0.2) is 0 Å². The number of nitrogens with one attached hydrogen (secondary N) is 1. The van der Waals surface area contributed by atoms with Gasteiger partial charge in [0, 0.05) is 13.2 Å². The molecule has 3 N–H and O–H groups in total. The molecule has 0 aliphatic heterocycles. The molecule has 0 aromatic carbocycles. The van der Waals surface area contributed by atoms with Gasteiger partial charge in [0.25, 0.3) is 0 Å². The van der Waals surface area contributed by atoms with Gasteiger partial charge in [0.2, 0.25) is 5.91 Å². The van der Waals surface area contributed by atoms with E-state index in [1.54, 1.807) is 0 Å². The monoisotopic (exact) mass is 228 g/mol. The summed E-state index contributed by atoms with van der Waals surface area (Å²) in [5.41, 5.74) is 5.42. The van der Waals surface area contributed by atoms with Crippen LogP contribution >= 0.6 is 0 Å². The van der Waals surface area contributed by atoms with Crippen LogP contribution in [0, 0.1) is 0 Å². The zero-order valence-electron chi connectivity index (χ0n) is 10.4. The third-order valence-electron chi connectivity index (χ3n) is 3.01. The summed E-state index contributed by atoms with van der Waals surface area (Å²) in [6.07, 6.45) is 4.88. The smallest absolute Gasteiger partial charge is 0.240 e. The third kappa shape index (κ3) is 4.10. The Morgan fingerprint density at radius 3 is 2.62 bits per heavy atom. The maximum Gasteiger partial charge on any atom is 0.240 e. The second-order valence-electron chi connectivity index (χ2n) is 4.89. The predicted octanol–water partition coefficient (Wildman–Crippen LogP) is 1.19. The average Bonchev–Trinajstić information content (AvgIpc) is 2.65. The zero-order valence-corrected chi connectivity index (χ0v) is 10.4. The van der Waals surface area contributed by atoms with Crippen LogP contribution < -0.4 is 11.1 Å². The van der Waals surface area contributed by atoms with Crippen LogP contribution in [0.3, 0.4) is 0 Å². The van der Waals surface area contributed by atoms with E-state index >= 15 is 0 Å². The van der Waals surface area contributed by atoms with E-state index in [1.807, 2.05) is 13.8 Å². The highest BCUT2D eigenvalue weighted by molar-refractivity contribution is 5.86. The minimum Gasteiger partial charge on any atom is -0.379 e. The molecule has 0 heterocycles. The van der Waals surface area contributed by atoms with Gasteiger partial charge in [-0.05, 0) is 33.1 Å². The fourth-order valence-electron chi connectivity index (χ4n) is 2.00. The van der Waals surface area contributed by atoms with Crippen molar-refractivity contribution in [2.24, 2.45) is 5.73 Å². The summed E-state index contributed by atoms with van der Waals surface area (Å²) >= 11 is 0. The fraction of sp³-hybridized carbons (Fsp3) is 0.917. The predicted molar refractivity (Wildman–Crippen MR) is 64.1 cm³/mol. The van der Waals surface area contributed by atoms with Crippen LogP contribution in [0.5, 0.6) is 0 Å². The van der Waals surface area contributed by atoms with Crippen molar-refractivity contribution in [3.05, 3.63) is 0 Å². The molecule has 1 fully saturated rings. The third-order valence-corrected chi connectivity index (χ3v) is 3.01. The number of ether oxygens (including phenoxy) is 1. The molecule has 0 aromatic heterocycles. The summed E-state index contributed by atoms with van der Waals surface area (Å²) in [5, 5.41) is 2.89. The summed E-state index contributed by atoms with van der Waals surface area (Å²) in [6, 6.07) is 0. The van der Waals surface area contributed by atoms with Crippen molar-refractivity contribution in [2.45, 2.75) is 57.6 Å². The topological polar surface area (TPSA) is 64.3 Å². The van der Waals surface area contributed by atoms with Gasteiger partial charge in [-0.3, -0.25) is 4.79 Å². The molecule has 0 unspecified atom stereocenters. The molecule has 0 aromatic rings. The van der Waals surface area contributed by atoms with Crippen molar-refractivity contribution >= 4 is 5.91 Å². The van der Waals surface area contributed by atoms with Gasteiger partial charge < -0.3 is 15.8 Å². The molecule has 4 nitrogen and oxygen atoms in total. The number of rotatable bonds is 6. The highest BCUT2D eigenvalue weighted by atomic mass is 16.5. The van der Waals surface area contributed by atoms with E-state index in [-0.39, 0.29) is 12.0 Å². The maximum atomic E-state index is 11.8. The van der Waals surface area contributed by atoms with Gasteiger partial charge in [-0.15, -0.1) is 0 Å². The highest BCUT2D eigenvalue weighted by Crippen LogP contribution is 2.27. The van der Waals surface area contributed by atoms with E-state index in [1.165, 1.54) is 0 Å². The standard InChI is InChI=1S/C12H24N2O2/c1-10(2)16-9-5-8-14-11(15)12(13)6-3-4-7-12/h10H,3-9,13H2,1-2H3,(H,14,15). The molecule has 1 aliphatic rings. The first-order chi connectivity index (χ1) is 7.54. The lowest BCUT2D eigenvalue weighted by Crippen LogP contribution is -2.52. The second-order valence-corrected chi connectivity index (χ2v) is 4.89. The minimum absolute atomic E-state index is 0.00884. The van der Waals surface area contributed by atoms with Crippen molar-refractivity contribution in [3.63, 3.8) is 0 Å². The molecule has 4 heteroatoms. The quantitative estimate of drug-likeness (QED) is 0.671. The Kier molecular flexibility index (Phi) is 5.22. The molecule has 0 radical (unpaired) electrons. The van der Waals surface area contributed by atoms with E-state index in [0.717, 1.165) is 32.1 Å². The maximum absolute atomic E-state index is 11.8. The SMILES string of the molecule is CC(C)OCCCNC(=O)C1(N)CCCC1. The first kappa shape index (κ1) is 13.5. The molecule has 1 amide bonds. The Morgan fingerprint density at radius 1 is 1.44 bits per heavy atom. The van der Waals surface area contributed by atoms with Gasteiger partial charge in [0.05, 0.1) is 11.6 Å².